The van der Waals surface area contributed by atoms with Crippen LogP contribution in [0.2, 0.25) is 5.02 Å². The molecule has 2 aromatic carbocycles. The van der Waals surface area contributed by atoms with Crippen molar-refractivity contribution in [3.8, 4) is 5.75 Å². The zero-order valence-corrected chi connectivity index (χ0v) is 21.9. The Balaban J connectivity index is 2.21. The molecular weight excluding hydrogens is 492 g/mol. The van der Waals surface area contributed by atoms with Gasteiger partial charge in [-0.05, 0) is 78.9 Å². The average Bonchev–Trinajstić information content (AvgIpc) is 2.70. The van der Waals surface area contributed by atoms with E-state index in [0.717, 1.165) is 10.0 Å². The van der Waals surface area contributed by atoms with Gasteiger partial charge in [0.15, 0.2) is 6.61 Å². The molecule has 0 aliphatic rings. The van der Waals surface area contributed by atoms with Gasteiger partial charge in [0.1, 0.15) is 11.8 Å². The SMILES string of the molecule is CC(C)c1ccc(OCC(=O)N(Cc2ccccc2Cl)[C@@H](C)C(=O)NC(C)(C)C)c(Br)c1. The molecule has 174 valence electrons. The van der Waals surface area contributed by atoms with Crippen LogP contribution >= 0.6 is 27.5 Å². The smallest absolute Gasteiger partial charge is 0.261 e. The van der Waals surface area contributed by atoms with Crippen LogP contribution in [0, 0.1) is 0 Å². The predicted octanol–water partition coefficient (Wildman–Crippen LogP) is 5.94. The number of halogens is 2. The first kappa shape index (κ1) is 26.2. The zero-order chi connectivity index (χ0) is 24.1. The van der Waals surface area contributed by atoms with Crippen LogP contribution in [0.5, 0.6) is 5.75 Å². The van der Waals surface area contributed by atoms with Crippen LogP contribution < -0.4 is 10.1 Å². The lowest BCUT2D eigenvalue weighted by Gasteiger charge is -2.31. The molecule has 0 aromatic heterocycles. The van der Waals surface area contributed by atoms with E-state index in [-0.39, 0.29) is 25.0 Å². The fourth-order valence-electron chi connectivity index (χ4n) is 3.08. The molecule has 1 atom stereocenters. The topological polar surface area (TPSA) is 58.6 Å². The van der Waals surface area contributed by atoms with Crippen molar-refractivity contribution in [2.24, 2.45) is 0 Å². The Hall–Kier alpha value is -2.05. The van der Waals surface area contributed by atoms with Crippen molar-refractivity contribution >= 4 is 39.3 Å². The molecule has 32 heavy (non-hydrogen) atoms. The van der Waals surface area contributed by atoms with Crippen LogP contribution in [0.25, 0.3) is 0 Å². The van der Waals surface area contributed by atoms with E-state index in [1.165, 1.54) is 10.5 Å². The number of benzene rings is 2. The molecule has 2 amide bonds. The van der Waals surface area contributed by atoms with Crippen molar-refractivity contribution in [3.63, 3.8) is 0 Å². The van der Waals surface area contributed by atoms with Gasteiger partial charge in [-0.2, -0.15) is 0 Å². The average molecular weight is 524 g/mol. The molecule has 2 aromatic rings. The molecule has 0 bridgehead atoms. The minimum Gasteiger partial charge on any atom is -0.483 e. The molecule has 0 aliphatic heterocycles. The van der Waals surface area contributed by atoms with Crippen LogP contribution in [0.4, 0.5) is 0 Å². The number of nitrogens with one attached hydrogen (secondary N) is 1. The summed E-state index contributed by atoms with van der Waals surface area (Å²) in [6.07, 6.45) is 0. The van der Waals surface area contributed by atoms with E-state index in [1.807, 2.05) is 57.2 Å². The van der Waals surface area contributed by atoms with Crippen molar-refractivity contribution in [2.45, 2.75) is 65.6 Å². The number of rotatable bonds is 8. The first-order chi connectivity index (χ1) is 14.9. The van der Waals surface area contributed by atoms with E-state index >= 15 is 0 Å². The molecule has 0 saturated carbocycles. The number of nitrogens with zero attached hydrogens (tertiary/aromatic N) is 1. The fourth-order valence-corrected chi connectivity index (χ4v) is 3.79. The molecular formula is C25H32BrClN2O3. The minimum atomic E-state index is -0.701. The van der Waals surface area contributed by atoms with Gasteiger partial charge in [-0.15, -0.1) is 0 Å². The number of carbonyl (C=O) groups is 2. The number of carbonyl (C=O) groups excluding carboxylic acids is 2. The Kier molecular flexibility index (Phi) is 9.17. The van der Waals surface area contributed by atoms with E-state index in [1.54, 1.807) is 13.0 Å². The molecule has 0 fully saturated rings. The minimum absolute atomic E-state index is 0.197. The van der Waals surface area contributed by atoms with Crippen molar-refractivity contribution in [1.82, 2.24) is 10.2 Å². The summed E-state index contributed by atoms with van der Waals surface area (Å²) < 4.78 is 6.60. The maximum Gasteiger partial charge on any atom is 0.261 e. The van der Waals surface area contributed by atoms with E-state index in [9.17, 15) is 9.59 Å². The first-order valence-corrected chi connectivity index (χ1v) is 11.8. The highest BCUT2D eigenvalue weighted by atomic mass is 79.9. The number of ether oxygens (including phenoxy) is 1. The Morgan fingerprint density at radius 2 is 1.78 bits per heavy atom. The summed E-state index contributed by atoms with van der Waals surface area (Å²) in [6, 6.07) is 12.4. The van der Waals surface area contributed by atoms with E-state index in [0.29, 0.717) is 16.7 Å². The van der Waals surface area contributed by atoms with Crippen molar-refractivity contribution in [1.29, 1.82) is 0 Å². The number of hydrogen-bond acceptors (Lipinski definition) is 3. The summed E-state index contributed by atoms with van der Waals surface area (Å²) in [5.74, 6) is 0.421. The number of amides is 2. The monoisotopic (exact) mass is 522 g/mol. The molecule has 2 rings (SSSR count). The number of hydrogen-bond donors (Lipinski definition) is 1. The van der Waals surface area contributed by atoms with Gasteiger partial charge in [0.2, 0.25) is 5.91 Å². The van der Waals surface area contributed by atoms with Crippen LogP contribution in [0.3, 0.4) is 0 Å². The van der Waals surface area contributed by atoms with Crippen molar-refractivity contribution in [2.75, 3.05) is 6.61 Å². The lowest BCUT2D eigenvalue weighted by Crippen LogP contribution is -2.53. The molecule has 7 heteroatoms. The van der Waals surface area contributed by atoms with Crippen molar-refractivity contribution < 1.29 is 14.3 Å². The molecule has 0 radical (unpaired) electrons. The van der Waals surface area contributed by atoms with Gasteiger partial charge in [-0.25, -0.2) is 0 Å². The van der Waals surface area contributed by atoms with E-state index < -0.39 is 11.6 Å². The van der Waals surface area contributed by atoms with Crippen LogP contribution in [-0.2, 0) is 16.1 Å². The Labute approximate surface area is 204 Å². The van der Waals surface area contributed by atoms with Crippen LogP contribution in [0.1, 0.15) is 58.6 Å². The normalized spacial score (nSPS) is 12.4. The maximum absolute atomic E-state index is 13.2. The molecule has 0 aliphatic carbocycles. The van der Waals surface area contributed by atoms with Gasteiger partial charge in [-0.3, -0.25) is 9.59 Å². The second-order valence-corrected chi connectivity index (χ2v) is 10.4. The molecule has 5 nitrogen and oxygen atoms in total. The highest BCUT2D eigenvalue weighted by Crippen LogP contribution is 2.29. The Morgan fingerprint density at radius 1 is 1.12 bits per heavy atom. The Bertz CT molecular complexity index is 956. The zero-order valence-electron chi connectivity index (χ0n) is 19.5. The Morgan fingerprint density at radius 3 is 2.34 bits per heavy atom. The largest absolute Gasteiger partial charge is 0.483 e. The standard InChI is InChI=1S/C25H32BrClN2O3/c1-16(2)18-11-12-22(20(26)13-18)32-15-23(30)29(14-19-9-7-8-10-21(19)27)17(3)24(31)28-25(4,5)6/h7-13,16-17H,14-15H2,1-6H3,(H,28,31)/t17-/m0/s1. The second kappa shape index (κ2) is 11.2. The van der Waals surface area contributed by atoms with Crippen LogP contribution in [0.15, 0.2) is 46.9 Å². The summed E-state index contributed by atoms with van der Waals surface area (Å²) in [7, 11) is 0. The van der Waals surface area contributed by atoms with Gasteiger partial charge in [0, 0.05) is 17.1 Å². The lowest BCUT2D eigenvalue weighted by molar-refractivity contribution is -0.142. The maximum atomic E-state index is 13.2. The summed E-state index contributed by atoms with van der Waals surface area (Å²) in [6.45, 7) is 11.7. The van der Waals surface area contributed by atoms with Gasteiger partial charge >= 0.3 is 0 Å². The lowest BCUT2D eigenvalue weighted by atomic mass is 10.0. The third-order valence-corrected chi connectivity index (χ3v) is 5.93. The predicted molar refractivity (Wildman–Crippen MR) is 133 cm³/mol. The molecule has 0 unspecified atom stereocenters. The van der Waals surface area contributed by atoms with Crippen molar-refractivity contribution in [3.05, 3.63) is 63.1 Å². The molecule has 0 saturated heterocycles. The van der Waals surface area contributed by atoms with Gasteiger partial charge in [-0.1, -0.05) is 49.7 Å². The third-order valence-electron chi connectivity index (χ3n) is 4.94. The van der Waals surface area contributed by atoms with Gasteiger partial charge in [0.05, 0.1) is 4.47 Å². The first-order valence-electron chi connectivity index (χ1n) is 10.7. The molecule has 1 N–H and O–H groups in total. The summed E-state index contributed by atoms with van der Waals surface area (Å²) in [4.78, 5) is 27.5. The third kappa shape index (κ3) is 7.52. The molecule has 0 heterocycles. The van der Waals surface area contributed by atoms with Gasteiger partial charge < -0.3 is 15.0 Å². The van der Waals surface area contributed by atoms with E-state index in [2.05, 4.69) is 35.1 Å². The van der Waals surface area contributed by atoms with E-state index in [4.69, 9.17) is 16.3 Å². The summed E-state index contributed by atoms with van der Waals surface area (Å²) >= 11 is 9.84. The van der Waals surface area contributed by atoms with Crippen LogP contribution in [-0.4, -0.2) is 34.9 Å². The highest BCUT2D eigenvalue weighted by Gasteiger charge is 2.29. The summed E-state index contributed by atoms with van der Waals surface area (Å²) in [5.41, 5.74) is 1.52. The molecule has 0 spiro atoms. The van der Waals surface area contributed by atoms with Gasteiger partial charge in [0.25, 0.3) is 5.91 Å². The second-order valence-electron chi connectivity index (χ2n) is 9.16. The fraction of sp³-hybridized carbons (Fsp3) is 0.440. The highest BCUT2D eigenvalue weighted by molar-refractivity contribution is 9.10. The quantitative estimate of drug-likeness (QED) is 0.466. The summed E-state index contributed by atoms with van der Waals surface area (Å²) in [5, 5.41) is 3.48.